The van der Waals surface area contributed by atoms with Crippen LogP contribution in [0.5, 0.6) is 5.75 Å². The maximum absolute atomic E-state index is 13.7. The number of benzene rings is 2. The first-order valence-electron chi connectivity index (χ1n) is 5.76. The minimum absolute atomic E-state index is 0.119. The number of aryl methyl sites for hydroxylation is 2. The third-order valence-electron chi connectivity index (χ3n) is 2.71. The highest BCUT2D eigenvalue weighted by molar-refractivity contribution is 7.87. The van der Waals surface area contributed by atoms with Gasteiger partial charge >= 0.3 is 10.1 Å². The second-order valence-corrected chi connectivity index (χ2v) is 6.33. The van der Waals surface area contributed by atoms with Crippen molar-refractivity contribution >= 4 is 21.7 Å². The molecule has 0 aliphatic rings. The molecule has 2 aromatic rings. The van der Waals surface area contributed by atoms with Gasteiger partial charge in [-0.25, -0.2) is 4.39 Å². The Morgan fingerprint density at radius 2 is 1.80 bits per heavy atom. The Morgan fingerprint density at radius 1 is 1.10 bits per heavy atom. The van der Waals surface area contributed by atoms with E-state index in [1.165, 1.54) is 6.07 Å². The summed E-state index contributed by atoms with van der Waals surface area (Å²) in [6.45, 7) is 3.52. The molecule has 0 aliphatic heterocycles. The van der Waals surface area contributed by atoms with E-state index in [9.17, 15) is 12.8 Å². The van der Waals surface area contributed by atoms with Gasteiger partial charge in [-0.2, -0.15) is 8.42 Å². The maximum Gasteiger partial charge on any atom is 0.342 e. The number of hydrogen-bond donors (Lipinski definition) is 0. The molecule has 0 aromatic heterocycles. The van der Waals surface area contributed by atoms with Gasteiger partial charge in [0.25, 0.3) is 0 Å². The van der Waals surface area contributed by atoms with E-state index < -0.39 is 20.8 Å². The lowest BCUT2D eigenvalue weighted by atomic mass is 10.1. The zero-order chi connectivity index (χ0) is 14.9. The molecule has 0 atom stereocenters. The third-order valence-corrected chi connectivity index (χ3v) is 4.21. The van der Waals surface area contributed by atoms with Crippen molar-refractivity contribution < 1.29 is 17.0 Å². The van der Waals surface area contributed by atoms with E-state index in [4.69, 9.17) is 15.8 Å². The van der Waals surface area contributed by atoms with Crippen LogP contribution in [0, 0.1) is 19.7 Å². The lowest BCUT2D eigenvalue weighted by Gasteiger charge is -2.10. The van der Waals surface area contributed by atoms with Gasteiger partial charge in [-0.1, -0.05) is 23.7 Å². The molecule has 0 fully saturated rings. The first-order valence-corrected chi connectivity index (χ1v) is 7.55. The van der Waals surface area contributed by atoms with Crippen LogP contribution in [0.15, 0.2) is 41.3 Å². The topological polar surface area (TPSA) is 43.4 Å². The predicted molar refractivity (Wildman–Crippen MR) is 75.1 cm³/mol. The Hall–Kier alpha value is -1.59. The Bertz CT molecular complexity index is 757. The van der Waals surface area contributed by atoms with Gasteiger partial charge in [0.15, 0.2) is 0 Å². The SMILES string of the molecule is Cc1ccc(C)c(OS(=O)(=O)c2ccc(Cl)cc2F)c1. The van der Waals surface area contributed by atoms with Crippen molar-refractivity contribution in [1.29, 1.82) is 0 Å². The summed E-state index contributed by atoms with van der Waals surface area (Å²) in [5, 5.41) is 0.119. The molecule has 2 aromatic carbocycles. The normalized spacial score (nSPS) is 11.4. The van der Waals surface area contributed by atoms with E-state index in [-0.39, 0.29) is 10.8 Å². The molecule has 6 heteroatoms. The van der Waals surface area contributed by atoms with Crippen LogP contribution in [0.2, 0.25) is 5.02 Å². The lowest BCUT2D eigenvalue weighted by molar-refractivity contribution is 0.474. The molecule has 20 heavy (non-hydrogen) atoms. The van der Waals surface area contributed by atoms with Crippen LogP contribution < -0.4 is 4.18 Å². The predicted octanol–water partition coefficient (Wildman–Crippen LogP) is 3.86. The molecule has 0 radical (unpaired) electrons. The third kappa shape index (κ3) is 3.11. The molecule has 0 heterocycles. The van der Waals surface area contributed by atoms with Crippen LogP contribution in [0.3, 0.4) is 0 Å². The quantitative estimate of drug-likeness (QED) is 0.808. The van der Waals surface area contributed by atoms with E-state index in [0.29, 0.717) is 5.56 Å². The minimum atomic E-state index is -4.23. The highest BCUT2D eigenvalue weighted by Gasteiger charge is 2.22. The summed E-state index contributed by atoms with van der Waals surface area (Å²) < 4.78 is 42.9. The summed E-state index contributed by atoms with van der Waals surface area (Å²) in [4.78, 5) is -0.539. The molecule has 0 amide bonds. The molecule has 0 saturated heterocycles. The van der Waals surface area contributed by atoms with Crippen LogP contribution in [-0.4, -0.2) is 8.42 Å². The average molecular weight is 315 g/mol. The number of rotatable bonds is 3. The molecule has 0 saturated carbocycles. The largest absolute Gasteiger partial charge is 0.379 e. The maximum atomic E-state index is 13.7. The molecule has 0 aliphatic carbocycles. The Morgan fingerprint density at radius 3 is 2.45 bits per heavy atom. The Balaban J connectivity index is 2.43. The van der Waals surface area contributed by atoms with Gasteiger partial charge in [0.2, 0.25) is 0 Å². The van der Waals surface area contributed by atoms with Crippen molar-refractivity contribution in [3.63, 3.8) is 0 Å². The standard InChI is InChI=1S/C14H12ClFO3S/c1-9-3-4-10(2)13(7-9)19-20(17,18)14-6-5-11(15)8-12(14)16/h3-8H,1-2H3. The van der Waals surface area contributed by atoms with Crippen molar-refractivity contribution in [2.75, 3.05) is 0 Å². The molecule has 2 rings (SSSR count). The highest BCUT2D eigenvalue weighted by Crippen LogP contribution is 2.26. The first kappa shape index (κ1) is 14.8. The molecular formula is C14H12ClFO3S. The number of halogens is 2. The zero-order valence-electron chi connectivity index (χ0n) is 10.9. The molecule has 0 bridgehead atoms. The number of hydrogen-bond acceptors (Lipinski definition) is 3. The fourth-order valence-electron chi connectivity index (χ4n) is 1.64. The highest BCUT2D eigenvalue weighted by atomic mass is 35.5. The summed E-state index contributed by atoms with van der Waals surface area (Å²) in [6.07, 6.45) is 0. The Kier molecular flexibility index (Phi) is 4.01. The van der Waals surface area contributed by atoms with Gasteiger partial charge in [-0.15, -0.1) is 0 Å². The molecule has 0 spiro atoms. The van der Waals surface area contributed by atoms with Crippen molar-refractivity contribution in [2.45, 2.75) is 18.7 Å². The molecular weight excluding hydrogens is 303 g/mol. The molecule has 106 valence electrons. The van der Waals surface area contributed by atoms with Gasteiger partial charge in [0, 0.05) is 5.02 Å². The zero-order valence-corrected chi connectivity index (χ0v) is 12.4. The van der Waals surface area contributed by atoms with E-state index in [2.05, 4.69) is 0 Å². The van der Waals surface area contributed by atoms with Crippen molar-refractivity contribution in [3.8, 4) is 5.75 Å². The van der Waals surface area contributed by atoms with Gasteiger partial charge in [-0.3, -0.25) is 0 Å². The fraction of sp³-hybridized carbons (Fsp3) is 0.143. The van der Waals surface area contributed by atoms with Gasteiger partial charge in [0.1, 0.15) is 16.5 Å². The lowest BCUT2D eigenvalue weighted by Crippen LogP contribution is -2.12. The minimum Gasteiger partial charge on any atom is -0.379 e. The molecule has 3 nitrogen and oxygen atoms in total. The van der Waals surface area contributed by atoms with Crippen LogP contribution in [0.25, 0.3) is 0 Å². The van der Waals surface area contributed by atoms with Crippen molar-refractivity contribution in [2.24, 2.45) is 0 Å². The second-order valence-electron chi connectivity index (χ2n) is 4.38. The van der Waals surface area contributed by atoms with E-state index in [1.54, 1.807) is 19.1 Å². The Labute approximate surface area is 122 Å². The summed E-state index contributed by atoms with van der Waals surface area (Å²) in [5.74, 6) is -0.762. The van der Waals surface area contributed by atoms with E-state index >= 15 is 0 Å². The molecule has 0 N–H and O–H groups in total. The van der Waals surface area contributed by atoms with E-state index in [1.807, 2.05) is 13.0 Å². The first-order chi connectivity index (χ1) is 9.29. The summed E-state index contributed by atoms with van der Waals surface area (Å²) in [6, 6.07) is 8.46. The molecule has 0 unspecified atom stereocenters. The monoisotopic (exact) mass is 314 g/mol. The van der Waals surface area contributed by atoms with Crippen LogP contribution in [0.4, 0.5) is 4.39 Å². The summed E-state index contributed by atoms with van der Waals surface area (Å²) >= 11 is 5.60. The van der Waals surface area contributed by atoms with Crippen LogP contribution in [0.1, 0.15) is 11.1 Å². The summed E-state index contributed by atoms with van der Waals surface area (Å²) in [5.41, 5.74) is 1.49. The van der Waals surface area contributed by atoms with Gasteiger partial charge in [-0.05, 0) is 49.2 Å². The van der Waals surface area contributed by atoms with Crippen LogP contribution >= 0.6 is 11.6 Å². The van der Waals surface area contributed by atoms with Gasteiger partial charge < -0.3 is 4.18 Å². The van der Waals surface area contributed by atoms with Gasteiger partial charge in [0.05, 0.1) is 0 Å². The van der Waals surface area contributed by atoms with E-state index in [0.717, 1.165) is 17.7 Å². The smallest absolute Gasteiger partial charge is 0.342 e. The fourth-order valence-corrected chi connectivity index (χ4v) is 2.84. The van der Waals surface area contributed by atoms with Crippen molar-refractivity contribution in [3.05, 3.63) is 58.4 Å². The van der Waals surface area contributed by atoms with Crippen LogP contribution in [-0.2, 0) is 10.1 Å². The summed E-state index contributed by atoms with van der Waals surface area (Å²) in [7, 11) is -4.23. The van der Waals surface area contributed by atoms with Crippen molar-refractivity contribution in [1.82, 2.24) is 0 Å². The average Bonchev–Trinajstić information content (AvgIpc) is 2.33. The second kappa shape index (κ2) is 5.42.